The average Bonchev–Trinajstić information content (AvgIpc) is 2.55. The minimum Gasteiger partial charge on any atom is -0.548 e. The molecule has 0 heterocycles. The molecule has 0 fully saturated rings. The van der Waals surface area contributed by atoms with Crippen molar-refractivity contribution >= 4 is 11.9 Å². The van der Waals surface area contributed by atoms with Crippen LogP contribution in [-0.4, -0.2) is 17.9 Å². The molecule has 0 rings (SSSR count). The molecule has 0 bridgehead atoms. The van der Waals surface area contributed by atoms with Gasteiger partial charge in [-0.05, 0) is 13.3 Å². The van der Waals surface area contributed by atoms with Crippen LogP contribution in [0.25, 0.3) is 0 Å². The van der Waals surface area contributed by atoms with E-state index in [0.717, 1.165) is 12.8 Å². The number of carbonyl (C=O) groups is 2. The molecule has 0 radical (unpaired) electrons. The molecule has 0 aromatic carbocycles. The van der Waals surface area contributed by atoms with Crippen LogP contribution in [0.15, 0.2) is 0 Å². The van der Waals surface area contributed by atoms with Crippen LogP contribution in [-0.2, 0) is 9.59 Å². The van der Waals surface area contributed by atoms with Crippen LogP contribution in [0, 0.1) is 0 Å². The van der Waals surface area contributed by atoms with Crippen LogP contribution in [0.4, 0.5) is 0 Å². The third-order valence-electron chi connectivity index (χ3n) is 4.49. The van der Waals surface area contributed by atoms with Gasteiger partial charge in [0.2, 0.25) is 5.91 Å². The molecule has 0 aliphatic carbocycles. The van der Waals surface area contributed by atoms with Gasteiger partial charge in [-0.15, -0.1) is 0 Å². The Labute approximate surface area is 177 Å². The van der Waals surface area contributed by atoms with Gasteiger partial charge in [0.15, 0.2) is 0 Å². The molecule has 4 nitrogen and oxygen atoms in total. The Morgan fingerprint density at radius 2 is 1.12 bits per heavy atom. The van der Waals surface area contributed by atoms with Crippen molar-refractivity contribution in [2.45, 2.75) is 116 Å². The van der Waals surface area contributed by atoms with E-state index in [1.54, 1.807) is 0 Å². The van der Waals surface area contributed by atoms with Gasteiger partial charge in [0.1, 0.15) is 0 Å². The Balaban J connectivity index is 0. The summed E-state index contributed by atoms with van der Waals surface area (Å²) >= 11 is 0. The molecule has 0 saturated heterocycles. The first kappa shape index (κ1) is 27.2. The zero-order chi connectivity index (χ0) is 18.0. The summed E-state index contributed by atoms with van der Waals surface area (Å²) < 4.78 is 0. The number of hydrogen-bond donors (Lipinski definition) is 1. The fourth-order valence-electron chi connectivity index (χ4n) is 2.85. The summed E-state index contributed by atoms with van der Waals surface area (Å²) in [6, 6.07) is -0.899. The first-order chi connectivity index (χ1) is 11.6. The molecule has 0 aliphatic rings. The van der Waals surface area contributed by atoms with Gasteiger partial charge in [0.25, 0.3) is 0 Å². The number of aliphatic carboxylic acids is 1. The van der Waals surface area contributed by atoms with Gasteiger partial charge in [-0.2, -0.15) is 0 Å². The van der Waals surface area contributed by atoms with E-state index < -0.39 is 12.0 Å². The van der Waals surface area contributed by atoms with Crippen molar-refractivity contribution < 1.29 is 44.3 Å². The molecule has 5 heteroatoms. The number of carboxylic acids is 1. The number of rotatable bonds is 17. The van der Waals surface area contributed by atoms with Crippen molar-refractivity contribution in [3.8, 4) is 0 Å². The first-order valence-corrected chi connectivity index (χ1v) is 10.1. The molecular weight excluding hydrogens is 325 g/mol. The fraction of sp³-hybridized carbons (Fsp3) is 0.900. The second kappa shape index (κ2) is 20.3. The molecule has 0 aromatic heterocycles. The summed E-state index contributed by atoms with van der Waals surface area (Å²) in [4.78, 5) is 22.0. The van der Waals surface area contributed by atoms with Gasteiger partial charge in [-0.1, -0.05) is 90.4 Å². The Kier molecular flexibility index (Phi) is 22.0. The second-order valence-electron chi connectivity index (χ2n) is 6.95. The molecule has 1 atom stereocenters. The zero-order valence-corrected chi connectivity index (χ0v) is 18.9. The molecule has 0 aliphatic heterocycles. The largest absolute Gasteiger partial charge is 1.00 e. The summed E-state index contributed by atoms with van der Waals surface area (Å²) in [6.07, 6.45) is 18.4. The van der Waals surface area contributed by atoms with Crippen LogP contribution in [0.5, 0.6) is 0 Å². The normalized spacial score (nSPS) is 11.6. The van der Waals surface area contributed by atoms with Gasteiger partial charge in [0, 0.05) is 6.42 Å². The summed E-state index contributed by atoms with van der Waals surface area (Å²) in [5.74, 6) is -1.42. The number of hydrogen-bond acceptors (Lipinski definition) is 3. The van der Waals surface area contributed by atoms with E-state index >= 15 is 0 Å². The van der Waals surface area contributed by atoms with Crippen molar-refractivity contribution in [1.29, 1.82) is 0 Å². The molecule has 0 spiro atoms. The van der Waals surface area contributed by atoms with Gasteiger partial charge >= 0.3 is 29.6 Å². The SMILES string of the molecule is CCCCCCCCCCCCCCCCC(=O)N[C@@H](C)C(=O)[O-].[Na+]. The summed E-state index contributed by atoms with van der Waals surface area (Å²) in [5, 5.41) is 12.9. The van der Waals surface area contributed by atoms with E-state index in [9.17, 15) is 14.7 Å². The molecule has 1 amide bonds. The van der Waals surface area contributed by atoms with Crippen LogP contribution >= 0.6 is 0 Å². The molecule has 0 aromatic rings. The maximum Gasteiger partial charge on any atom is 1.00 e. The van der Waals surface area contributed by atoms with Crippen molar-refractivity contribution in [3.05, 3.63) is 0 Å². The zero-order valence-electron chi connectivity index (χ0n) is 16.9. The molecular formula is C20H38NNaO3. The van der Waals surface area contributed by atoms with Gasteiger partial charge in [-0.3, -0.25) is 4.79 Å². The topological polar surface area (TPSA) is 69.2 Å². The maximum absolute atomic E-state index is 11.5. The van der Waals surface area contributed by atoms with Crippen molar-refractivity contribution in [2.24, 2.45) is 0 Å². The van der Waals surface area contributed by atoms with Crippen LogP contribution in [0.1, 0.15) is 110 Å². The molecule has 0 saturated carbocycles. The van der Waals surface area contributed by atoms with Crippen LogP contribution in [0.3, 0.4) is 0 Å². The van der Waals surface area contributed by atoms with E-state index in [1.807, 2.05) is 0 Å². The monoisotopic (exact) mass is 363 g/mol. The third-order valence-corrected chi connectivity index (χ3v) is 4.49. The quantitative estimate of drug-likeness (QED) is 0.311. The number of unbranched alkanes of at least 4 members (excludes halogenated alkanes) is 13. The van der Waals surface area contributed by atoms with E-state index in [2.05, 4.69) is 12.2 Å². The van der Waals surface area contributed by atoms with E-state index in [4.69, 9.17) is 0 Å². The minimum atomic E-state index is -1.23. The van der Waals surface area contributed by atoms with E-state index in [-0.39, 0.29) is 35.5 Å². The third kappa shape index (κ3) is 20.1. The Bertz CT molecular complexity index is 324. The number of nitrogens with one attached hydrogen (secondary N) is 1. The van der Waals surface area contributed by atoms with E-state index in [1.165, 1.54) is 84.0 Å². The van der Waals surface area contributed by atoms with E-state index in [0.29, 0.717) is 6.42 Å². The van der Waals surface area contributed by atoms with Gasteiger partial charge in [-0.25, -0.2) is 0 Å². The van der Waals surface area contributed by atoms with Crippen molar-refractivity contribution in [1.82, 2.24) is 5.32 Å². The number of carbonyl (C=O) groups excluding carboxylic acids is 2. The predicted octanol–water partition coefficient (Wildman–Crippen LogP) is 1.12. The predicted molar refractivity (Wildman–Crippen MR) is 97.5 cm³/mol. The molecule has 0 unspecified atom stereocenters. The Hall–Kier alpha value is -0.0600. The Morgan fingerprint density at radius 3 is 1.48 bits per heavy atom. The Morgan fingerprint density at radius 1 is 0.760 bits per heavy atom. The number of amides is 1. The molecule has 142 valence electrons. The van der Waals surface area contributed by atoms with Crippen LogP contribution in [0.2, 0.25) is 0 Å². The molecule has 1 N–H and O–H groups in total. The summed E-state index contributed by atoms with van der Waals surface area (Å²) in [6.45, 7) is 3.69. The minimum absolute atomic E-state index is 0. The molecule has 25 heavy (non-hydrogen) atoms. The fourth-order valence-corrected chi connectivity index (χ4v) is 2.85. The van der Waals surface area contributed by atoms with Gasteiger partial charge < -0.3 is 15.2 Å². The van der Waals surface area contributed by atoms with Gasteiger partial charge in [0.05, 0.1) is 12.0 Å². The number of carboxylic acid groups (broad SMARTS) is 1. The van der Waals surface area contributed by atoms with Crippen molar-refractivity contribution in [2.75, 3.05) is 0 Å². The average molecular weight is 364 g/mol. The van der Waals surface area contributed by atoms with Crippen LogP contribution < -0.4 is 40.0 Å². The summed E-state index contributed by atoms with van der Waals surface area (Å²) in [5.41, 5.74) is 0. The van der Waals surface area contributed by atoms with Crippen molar-refractivity contribution in [3.63, 3.8) is 0 Å². The standard InChI is InChI=1S/C20H39NO3.Na/c1-3-4-5-6-7-8-9-10-11-12-13-14-15-16-17-19(22)21-18(2)20(23)24;/h18H,3-17H2,1-2H3,(H,21,22)(H,23,24);/q;+1/p-1/t18-;/m0./s1. The first-order valence-electron chi connectivity index (χ1n) is 10.1. The summed E-state index contributed by atoms with van der Waals surface area (Å²) in [7, 11) is 0. The second-order valence-corrected chi connectivity index (χ2v) is 6.95. The maximum atomic E-state index is 11.5. The smallest absolute Gasteiger partial charge is 0.548 e.